The van der Waals surface area contributed by atoms with Crippen LogP contribution in [0.25, 0.3) is 11.3 Å². The quantitative estimate of drug-likeness (QED) is 0.554. The predicted octanol–water partition coefficient (Wildman–Crippen LogP) is 3.56. The second-order valence-corrected chi connectivity index (χ2v) is 8.40. The first-order valence-electron chi connectivity index (χ1n) is 11.6. The van der Waals surface area contributed by atoms with Crippen molar-refractivity contribution in [3.05, 3.63) is 72.1 Å². The lowest BCUT2D eigenvalue weighted by molar-refractivity contribution is 0.0938. The zero-order chi connectivity index (χ0) is 23.0. The summed E-state index contributed by atoms with van der Waals surface area (Å²) in [5.41, 5.74) is 4.52. The number of benzene rings is 2. The van der Waals surface area contributed by atoms with E-state index in [1.165, 1.54) is 5.56 Å². The molecule has 2 heterocycles. The number of hydrogen-bond donors (Lipinski definition) is 2. The summed E-state index contributed by atoms with van der Waals surface area (Å²) in [7, 11) is 0. The van der Waals surface area contributed by atoms with Crippen molar-refractivity contribution in [2.45, 2.75) is 13.8 Å². The third-order valence-corrected chi connectivity index (χ3v) is 6.00. The Labute approximate surface area is 195 Å². The van der Waals surface area contributed by atoms with Gasteiger partial charge in [0.05, 0.1) is 5.69 Å². The lowest BCUT2D eigenvalue weighted by Crippen LogP contribution is -2.48. The molecule has 0 radical (unpaired) electrons. The van der Waals surface area contributed by atoms with Gasteiger partial charge < -0.3 is 15.5 Å². The van der Waals surface area contributed by atoms with Crippen molar-refractivity contribution < 1.29 is 4.79 Å². The first-order valence-corrected chi connectivity index (χ1v) is 11.6. The highest BCUT2D eigenvalue weighted by atomic mass is 16.1. The summed E-state index contributed by atoms with van der Waals surface area (Å²) in [6.45, 7) is 11.2. The van der Waals surface area contributed by atoms with Gasteiger partial charge in [-0.15, -0.1) is 0 Å². The molecular weight excluding hydrogens is 412 g/mol. The smallest absolute Gasteiger partial charge is 0.251 e. The summed E-state index contributed by atoms with van der Waals surface area (Å²) in [6, 6.07) is 17.6. The lowest BCUT2D eigenvalue weighted by atomic mass is 10.1. The van der Waals surface area contributed by atoms with E-state index in [1.54, 1.807) is 6.33 Å². The van der Waals surface area contributed by atoms with Gasteiger partial charge in [0, 0.05) is 62.1 Å². The molecule has 1 aliphatic rings. The number of anilines is 2. The van der Waals surface area contributed by atoms with Gasteiger partial charge in [0.15, 0.2) is 0 Å². The standard InChI is InChI=1S/C26H32N6O/c1-3-31-12-14-32(15-13-31)11-10-27-26(33)22-8-5-9-23(17-22)30-25-18-24(28-19-29-25)21-7-4-6-20(2)16-21/h4-9,16-19H,3,10-15H2,1-2H3,(H,27,33)(H,28,29,30). The maximum Gasteiger partial charge on any atom is 0.251 e. The van der Waals surface area contributed by atoms with Crippen LogP contribution in [0.1, 0.15) is 22.8 Å². The van der Waals surface area contributed by atoms with Crippen molar-refractivity contribution in [2.75, 3.05) is 51.1 Å². The van der Waals surface area contributed by atoms with Crippen LogP contribution in [0.4, 0.5) is 11.5 Å². The Hall–Kier alpha value is -3.29. The van der Waals surface area contributed by atoms with E-state index in [2.05, 4.69) is 56.4 Å². The number of nitrogens with one attached hydrogen (secondary N) is 2. The number of carbonyl (C=O) groups excluding carboxylic acids is 1. The largest absolute Gasteiger partial charge is 0.351 e. The topological polar surface area (TPSA) is 73.4 Å². The highest BCUT2D eigenvalue weighted by Gasteiger charge is 2.15. The van der Waals surface area contributed by atoms with Gasteiger partial charge in [0.25, 0.3) is 5.91 Å². The van der Waals surface area contributed by atoms with Crippen LogP contribution in [-0.4, -0.2) is 71.5 Å². The highest BCUT2D eigenvalue weighted by Crippen LogP contribution is 2.22. The summed E-state index contributed by atoms with van der Waals surface area (Å²) >= 11 is 0. The van der Waals surface area contributed by atoms with E-state index in [-0.39, 0.29) is 5.91 Å². The van der Waals surface area contributed by atoms with Gasteiger partial charge in [-0.05, 0) is 37.7 Å². The van der Waals surface area contributed by atoms with Crippen LogP contribution in [0, 0.1) is 6.92 Å². The van der Waals surface area contributed by atoms with E-state index in [9.17, 15) is 4.79 Å². The number of hydrogen-bond acceptors (Lipinski definition) is 6. The average Bonchev–Trinajstić information content (AvgIpc) is 2.85. The van der Waals surface area contributed by atoms with Crippen LogP contribution in [0.2, 0.25) is 0 Å². The molecule has 0 unspecified atom stereocenters. The van der Waals surface area contributed by atoms with Crippen molar-refractivity contribution in [1.82, 2.24) is 25.1 Å². The molecule has 0 aliphatic carbocycles. The SMILES string of the molecule is CCN1CCN(CCNC(=O)c2cccc(Nc3cc(-c4cccc(C)c4)ncn3)c2)CC1. The predicted molar refractivity (Wildman–Crippen MR) is 133 cm³/mol. The average molecular weight is 445 g/mol. The molecule has 1 fully saturated rings. The lowest BCUT2D eigenvalue weighted by Gasteiger charge is -2.33. The minimum absolute atomic E-state index is 0.0611. The van der Waals surface area contributed by atoms with E-state index in [1.807, 2.05) is 42.5 Å². The Bertz CT molecular complexity index is 1080. The van der Waals surface area contributed by atoms with Crippen LogP contribution in [-0.2, 0) is 0 Å². The zero-order valence-corrected chi connectivity index (χ0v) is 19.4. The summed E-state index contributed by atoms with van der Waals surface area (Å²) in [6.07, 6.45) is 1.55. The Balaban J connectivity index is 1.33. The Morgan fingerprint density at radius 1 is 0.970 bits per heavy atom. The second-order valence-electron chi connectivity index (χ2n) is 8.40. The van der Waals surface area contributed by atoms with Gasteiger partial charge in [0.2, 0.25) is 0 Å². The Morgan fingerprint density at radius 2 is 1.76 bits per heavy atom. The minimum Gasteiger partial charge on any atom is -0.351 e. The van der Waals surface area contributed by atoms with Crippen LogP contribution in [0.5, 0.6) is 0 Å². The molecule has 3 aromatic rings. The molecule has 0 saturated carbocycles. The van der Waals surface area contributed by atoms with Crippen LogP contribution in [0.15, 0.2) is 60.9 Å². The van der Waals surface area contributed by atoms with Crippen molar-refractivity contribution in [3.8, 4) is 11.3 Å². The summed E-state index contributed by atoms with van der Waals surface area (Å²) < 4.78 is 0. The molecule has 1 amide bonds. The Morgan fingerprint density at radius 3 is 2.55 bits per heavy atom. The molecule has 0 atom stereocenters. The van der Waals surface area contributed by atoms with Gasteiger partial charge in [-0.1, -0.05) is 36.8 Å². The fourth-order valence-corrected chi connectivity index (χ4v) is 4.03. The first-order chi connectivity index (χ1) is 16.1. The summed E-state index contributed by atoms with van der Waals surface area (Å²) in [5, 5.41) is 6.35. The van der Waals surface area contributed by atoms with Gasteiger partial charge in [-0.25, -0.2) is 9.97 Å². The zero-order valence-electron chi connectivity index (χ0n) is 19.4. The number of amides is 1. The molecule has 7 heteroatoms. The van der Waals surface area contributed by atoms with E-state index in [4.69, 9.17) is 0 Å². The molecule has 1 aromatic heterocycles. The highest BCUT2D eigenvalue weighted by molar-refractivity contribution is 5.95. The van der Waals surface area contributed by atoms with Gasteiger partial charge in [-0.2, -0.15) is 0 Å². The number of nitrogens with zero attached hydrogens (tertiary/aromatic N) is 4. The molecule has 4 rings (SSSR count). The molecule has 33 heavy (non-hydrogen) atoms. The van der Waals surface area contributed by atoms with Crippen molar-refractivity contribution >= 4 is 17.4 Å². The number of likely N-dealkylation sites (N-methyl/N-ethyl adjacent to an activating group) is 1. The van der Waals surface area contributed by atoms with Crippen molar-refractivity contribution in [2.24, 2.45) is 0 Å². The number of rotatable bonds is 8. The fraction of sp³-hybridized carbons (Fsp3) is 0.346. The van der Waals surface area contributed by atoms with E-state index >= 15 is 0 Å². The first kappa shape index (κ1) is 22.9. The normalized spacial score (nSPS) is 14.7. The Kier molecular flexibility index (Phi) is 7.65. The third kappa shape index (κ3) is 6.37. The molecule has 7 nitrogen and oxygen atoms in total. The molecular formula is C26H32N6O. The third-order valence-electron chi connectivity index (χ3n) is 6.00. The van der Waals surface area contributed by atoms with Gasteiger partial charge >= 0.3 is 0 Å². The molecule has 2 aromatic carbocycles. The maximum atomic E-state index is 12.7. The molecule has 0 bridgehead atoms. The minimum atomic E-state index is -0.0611. The number of carbonyl (C=O) groups is 1. The second kappa shape index (κ2) is 11.0. The molecule has 1 saturated heterocycles. The van der Waals surface area contributed by atoms with Gasteiger partial charge in [0.1, 0.15) is 12.1 Å². The van der Waals surface area contributed by atoms with Crippen LogP contribution < -0.4 is 10.6 Å². The maximum absolute atomic E-state index is 12.7. The molecule has 0 spiro atoms. The van der Waals surface area contributed by atoms with Crippen LogP contribution in [0.3, 0.4) is 0 Å². The fourth-order valence-electron chi connectivity index (χ4n) is 4.03. The van der Waals surface area contributed by atoms with E-state index in [0.717, 1.165) is 56.2 Å². The molecule has 2 N–H and O–H groups in total. The summed E-state index contributed by atoms with van der Waals surface area (Å²) in [5.74, 6) is 0.624. The van der Waals surface area contributed by atoms with Gasteiger partial charge in [-0.3, -0.25) is 9.69 Å². The number of aryl methyl sites for hydroxylation is 1. The van der Waals surface area contributed by atoms with E-state index in [0.29, 0.717) is 17.9 Å². The molecule has 1 aliphatic heterocycles. The summed E-state index contributed by atoms with van der Waals surface area (Å²) in [4.78, 5) is 26.3. The van der Waals surface area contributed by atoms with Crippen LogP contribution >= 0.6 is 0 Å². The number of piperazine rings is 1. The number of aromatic nitrogens is 2. The van der Waals surface area contributed by atoms with Crippen molar-refractivity contribution in [3.63, 3.8) is 0 Å². The van der Waals surface area contributed by atoms with E-state index < -0.39 is 0 Å². The monoisotopic (exact) mass is 444 g/mol. The molecule has 172 valence electrons. The van der Waals surface area contributed by atoms with Crippen molar-refractivity contribution in [1.29, 1.82) is 0 Å².